The number of aliphatic carboxylic acids is 1. The van der Waals surface area contributed by atoms with Gasteiger partial charge in [0.05, 0.1) is 18.8 Å². The van der Waals surface area contributed by atoms with Crippen LogP contribution < -0.4 is 4.90 Å². The number of ether oxygens (including phenoxy) is 1. The summed E-state index contributed by atoms with van der Waals surface area (Å²) in [6.07, 6.45) is -2.53. The average Bonchev–Trinajstić information content (AvgIpc) is 3.04. The molecule has 28 heavy (non-hydrogen) atoms. The first kappa shape index (κ1) is 21.9. The molecule has 156 valence electrons. The summed E-state index contributed by atoms with van der Waals surface area (Å²) >= 11 is 0. The summed E-state index contributed by atoms with van der Waals surface area (Å²) in [6.45, 7) is 6.77. The van der Waals surface area contributed by atoms with Crippen molar-refractivity contribution in [3.8, 4) is 0 Å². The largest absolute Gasteiger partial charge is 0.490 e. The molecule has 2 N–H and O–H groups in total. The van der Waals surface area contributed by atoms with Crippen LogP contribution >= 0.6 is 0 Å². The van der Waals surface area contributed by atoms with Crippen LogP contribution in [0.5, 0.6) is 0 Å². The minimum absolute atomic E-state index is 0.232. The molecule has 2 aliphatic rings. The Morgan fingerprint density at radius 1 is 1.21 bits per heavy atom. The number of carbonyl (C=O) groups is 2. The van der Waals surface area contributed by atoms with Crippen molar-refractivity contribution in [1.82, 2.24) is 9.88 Å². The predicted molar refractivity (Wildman–Crippen MR) is 92.5 cm³/mol. The lowest BCUT2D eigenvalue weighted by Crippen LogP contribution is -2.44. The third-order valence-electron chi connectivity index (χ3n) is 4.65. The molecular weight excluding hydrogens is 383 g/mol. The van der Waals surface area contributed by atoms with Crippen LogP contribution in [0.1, 0.15) is 23.7 Å². The van der Waals surface area contributed by atoms with Crippen LogP contribution in [0.3, 0.4) is 0 Å². The number of aromatic carboxylic acids is 1. The van der Waals surface area contributed by atoms with Gasteiger partial charge >= 0.3 is 18.1 Å². The highest BCUT2D eigenvalue weighted by Crippen LogP contribution is 2.27. The van der Waals surface area contributed by atoms with Crippen molar-refractivity contribution in [2.24, 2.45) is 0 Å². The molecule has 3 heterocycles. The first-order chi connectivity index (χ1) is 13.1. The van der Waals surface area contributed by atoms with Crippen LogP contribution in [0.25, 0.3) is 0 Å². The van der Waals surface area contributed by atoms with E-state index in [9.17, 15) is 18.0 Å². The molecule has 0 saturated carbocycles. The minimum atomic E-state index is -5.08. The van der Waals surface area contributed by atoms with E-state index in [-0.39, 0.29) is 5.56 Å². The van der Waals surface area contributed by atoms with Gasteiger partial charge in [0.1, 0.15) is 5.82 Å². The summed E-state index contributed by atoms with van der Waals surface area (Å²) in [7, 11) is 0. The zero-order valence-corrected chi connectivity index (χ0v) is 15.2. The summed E-state index contributed by atoms with van der Waals surface area (Å²) in [5, 5.41) is 16.1. The number of nitrogens with zero attached hydrogens (tertiary/aromatic N) is 3. The van der Waals surface area contributed by atoms with E-state index in [1.165, 1.54) is 6.20 Å². The normalized spacial score (nSPS) is 23.1. The molecule has 2 aliphatic heterocycles. The number of hydrogen-bond acceptors (Lipinski definition) is 6. The summed E-state index contributed by atoms with van der Waals surface area (Å²) in [5.41, 5.74) is 0.232. The monoisotopic (exact) mass is 405 g/mol. The maximum atomic E-state index is 10.9. The number of carboxylic acid groups (broad SMARTS) is 2. The van der Waals surface area contributed by atoms with E-state index in [4.69, 9.17) is 19.7 Å². The molecule has 3 rings (SSSR count). The molecule has 0 bridgehead atoms. The highest BCUT2D eigenvalue weighted by atomic mass is 19.4. The number of alkyl halides is 3. The highest BCUT2D eigenvalue weighted by molar-refractivity contribution is 5.87. The fourth-order valence-electron chi connectivity index (χ4n) is 3.21. The van der Waals surface area contributed by atoms with Crippen LogP contribution in [0.15, 0.2) is 18.3 Å². The average molecular weight is 405 g/mol. The molecule has 0 radical (unpaired) electrons. The van der Waals surface area contributed by atoms with Gasteiger partial charge in [-0.1, -0.05) is 0 Å². The van der Waals surface area contributed by atoms with Crippen molar-refractivity contribution in [3.63, 3.8) is 0 Å². The van der Waals surface area contributed by atoms with Crippen molar-refractivity contribution < 1.29 is 37.7 Å². The quantitative estimate of drug-likeness (QED) is 0.784. The molecule has 0 aromatic carbocycles. The molecule has 8 nitrogen and oxygen atoms in total. The second-order valence-electron chi connectivity index (χ2n) is 6.55. The number of halogens is 3. The molecule has 2 fully saturated rings. The molecule has 11 heteroatoms. The van der Waals surface area contributed by atoms with E-state index in [1.807, 2.05) is 6.07 Å². The number of carboxylic acids is 2. The first-order valence-corrected chi connectivity index (χ1v) is 8.67. The molecule has 2 unspecified atom stereocenters. The van der Waals surface area contributed by atoms with Crippen LogP contribution in [0, 0.1) is 0 Å². The zero-order chi connectivity index (χ0) is 20.9. The predicted octanol–water partition coefficient (Wildman–Crippen LogP) is 1.71. The summed E-state index contributed by atoms with van der Waals surface area (Å²) in [5.74, 6) is -2.83. The zero-order valence-electron chi connectivity index (χ0n) is 15.2. The lowest BCUT2D eigenvalue weighted by atomic mass is 10.1. The lowest BCUT2D eigenvalue weighted by Gasteiger charge is -2.32. The summed E-state index contributed by atoms with van der Waals surface area (Å²) < 4.78 is 37.1. The van der Waals surface area contributed by atoms with Crippen molar-refractivity contribution >= 4 is 17.8 Å². The van der Waals surface area contributed by atoms with E-state index in [1.54, 1.807) is 6.07 Å². The Balaban J connectivity index is 0.000000345. The number of anilines is 1. The molecule has 2 atom stereocenters. The Morgan fingerprint density at radius 2 is 1.82 bits per heavy atom. The molecule has 2 saturated heterocycles. The molecule has 1 aromatic rings. The summed E-state index contributed by atoms with van der Waals surface area (Å²) in [6, 6.07) is 4.38. The van der Waals surface area contributed by atoms with Gasteiger partial charge in [0.15, 0.2) is 0 Å². The van der Waals surface area contributed by atoms with Crippen molar-refractivity contribution in [1.29, 1.82) is 0 Å². The molecule has 1 aromatic heterocycles. The van der Waals surface area contributed by atoms with Gasteiger partial charge in [-0.3, -0.25) is 4.90 Å². The van der Waals surface area contributed by atoms with Crippen molar-refractivity contribution in [2.45, 2.75) is 31.6 Å². The van der Waals surface area contributed by atoms with Crippen molar-refractivity contribution in [2.75, 3.05) is 37.7 Å². The Kier molecular flexibility index (Phi) is 7.19. The fraction of sp³-hybridized carbons (Fsp3) is 0.588. The topological polar surface area (TPSA) is 103 Å². The maximum Gasteiger partial charge on any atom is 0.490 e. The van der Waals surface area contributed by atoms with E-state index in [0.29, 0.717) is 12.1 Å². The Bertz CT molecular complexity index is 678. The maximum absolute atomic E-state index is 10.9. The Labute approximate surface area is 159 Å². The van der Waals surface area contributed by atoms with Gasteiger partial charge in [-0.2, -0.15) is 13.2 Å². The van der Waals surface area contributed by atoms with Crippen molar-refractivity contribution in [3.05, 3.63) is 23.9 Å². The second kappa shape index (κ2) is 9.20. The SMILES string of the molecule is CC1CC(N2CCOCC2)CN1c1ccc(C(=O)O)cn1.O=C(O)C(F)(F)F. The van der Waals surface area contributed by atoms with Gasteiger partial charge in [0.2, 0.25) is 0 Å². The van der Waals surface area contributed by atoms with Gasteiger partial charge in [-0.15, -0.1) is 0 Å². The number of aromatic nitrogens is 1. The Hall–Kier alpha value is -2.40. The first-order valence-electron chi connectivity index (χ1n) is 8.67. The third-order valence-corrected chi connectivity index (χ3v) is 4.65. The van der Waals surface area contributed by atoms with E-state index < -0.39 is 18.1 Å². The van der Waals surface area contributed by atoms with Gasteiger partial charge in [0, 0.05) is 37.9 Å². The number of morpholine rings is 1. The van der Waals surface area contributed by atoms with E-state index in [2.05, 4.69) is 21.7 Å². The number of hydrogen-bond donors (Lipinski definition) is 2. The van der Waals surface area contributed by atoms with E-state index in [0.717, 1.165) is 45.1 Å². The van der Waals surface area contributed by atoms with Crippen LogP contribution in [-0.2, 0) is 9.53 Å². The van der Waals surface area contributed by atoms with Gasteiger partial charge in [-0.05, 0) is 25.5 Å². The number of rotatable bonds is 3. The third kappa shape index (κ3) is 5.80. The molecule has 0 aliphatic carbocycles. The summed E-state index contributed by atoms with van der Waals surface area (Å²) in [4.78, 5) is 28.9. The van der Waals surface area contributed by atoms with Gasteiger partial charge < -0.3 is 19.8 Å². The van der Waals surface area contributed by atoms with Gasteiger partial charge in [0.25, 0.3) is 0 Å². The minimum Gasteiger partial charge on any atom is -0.478 e. The van der Waals surface area contributed by atoms with Crippen LogP contribution in [0.4, 0.5) is 19.0 Å². The smallest absolute Gasteiger partial charge is 0.478 e. The molecule has 0 amide bonds. The van der Waals surface area contributed by atoms with Crippen LogP contribution in [-0.4, -0.2) is 83.1 Å². The Morgan fingerprint density at radius 3 is 2.29 bits per heavy atom. The van der Waals surface area contributed by atoms with Gasteiger partial charge in [-0.25, -0.2) is 14.6 Å². The standard InChI is InChI=1S/C15H21N3O3.C2HF3O2/c1-11-8-13(17-4-6-21-7-5-17)10-18(11)14-3-2-12(9-16-14)15(19)20;3-2(4,5)1(6)7/h2-3,9,11,13H,4-8,10H2,1H3,(H,19,20);(H,6,7). The highest BCUT2D eigenvalue weighted by Gasteiger charge is 2.38. The molecule has 0 spiro atoms. The van der Waals surface area contributed by atoms with Crippen LogP contribution in [0.2, 0.25) is 0 Å². The number of pyridine rings is 1. The lowest BCUT2D eigenvalue weighted by molar-refractivity contribution is -0.192. The van der Waals surface area contributed by atoms with E-state index >= 15 is 0 Å². The second-order valence-corrected chi connectivity index (χ2v) is 6.55. The fourth-order valence-corrected chi connectivity index (χ4v) is 3.21. The molecular formula is C17H22F3N3O5.